The van der Waals surface area contributed by atoms with Crippen molar-refractivity contribution >= 4 is 18.2 Å². The molecule has 108 valence electrons. The first-order valence-corrected chi connectivity index (χ1v) is 6.06. The first-order valence-electron chi connectivity index (χ1n) is 6.06. The van der Waals surface area contributed by atoms with Gasteiger partial charge in [0.25, 0.3) is 0 Å². The Bertz CT molecular complexity index is 631. The molecule has 0 saturated heterocycles. The van der Waals surface area contributed by atoms with Crippen LogP contribution in [0.5, 0.6) is 5.88 Å². The number of ether oxygens (including phenoxy) is 2. The molecule has 0 aliphatic rings. The first kappa shape index (κ1) is 14.4. The van der Waals surface area contributed by atoms with Gasteiger partial charge in [0.2, 0.25) is 5.88 Å². The van der Waals surface area contributed by atoms with Crippen LogP contribution in [0.2, 0.25) is 0 Å². The van der Waals surface area contributed by atoms with Crippen LogP contribution < -0.4 is 10.1 Å². The van der Waals surface area contributed by atoms with Crippen molar-refractivity contribution in [2.45, 2.75) is 6.61 Å². The molecule has 0 aliphatic heterocycles. The average molecular weight is 287 g/mol. The molecule has 0 radical (unpaired) electrons. The lowest BCUT2D eigenvalue weighted by Gasteiger charge is -2.09. The summed E-state index contributed by atoms with van der Waals surface area (Å²) in [6.07, 6.45) is 0.965. The van der Waals surface area contributed by atoms with Gasteiger partial charge in [0.1, 0.15) is 18.5 Å². The van der Waals surface area contributed by atoms with E-state index in [1.165, 1.54) is 13.4 Å². The van der Waals surface area contributed by atoms with Gasteiger partial charge in [-0.3, -0.25) is 10.1 Å². The molecule has 1 aromatic heterocycles. The van der Waals surface area contributed by atoms with E-state index in [0.717, 1.165) is 5.56 Å². The Labute approximate surface area is 120 Å². The Kier molecular flexibility index (Phi) is 4.81. The maximum absolute atomic E-state index is 11.7. The van der Waals surface area contributed by atoms with E-state index in [1.54, 1.807) is 0 Å². The maximum Gasteiger partial charge on any atom is 0.413 e. The van der Waals surface area contributed by atoms with Gasteiger partial charge in [-0.15, -0.1) is 0 Å². The number of methoxy groups -OCH3 is 1. The van der Waals surface area contributed by atoms with E-state index in [2.05, 4.69) is 15.3 Å². The predicted octanol–water partition coefficient (Wildman–Crippen LogP) is 2.05. The minimum Gasteiger partial charge on any atom is -0.480 e. The Morgan fingerprint density at radius 2 is 2.05 bits per heavy atom. The minimum absolute atomic E-state index is 0.0370. The van der Waals surface area contributed by atoms with Crippen LogP contribution in [-0.4, -0.2) is 29.5 Å². The lowest BCUT2D eigenvalue weighted by atomic mass is 10.2. The lowest BCUT2D eigenvalue weighted by Crippen LogP contribution is -2.16. The fourth-order valence-corrected chi connectivity index (χ4v) is 1.60. The summed E-state index contributed by atoms with van der Waals surface area (Å²) in [5.41, 5.74) is 0.903. The smallest absolute Gasteiger partial charge is 0.413 e. The number of benzene rings is 1. The van der Waals surface area contributed by atoms with Crippen LogP contribution in [0.25, 0.3) is 0 Å². The summed E-state index contributed by atoms with van der Waals surface area (Å²) >= 11 is 0. The summed E-state index contributed by atoms with van der Waals surface area (Å²) in [6, 6.07) is 9.22. The van der Waals surface area contributed by atoms with Crippen molar-refractivity contribution in [3.05, 3.63) is 47.8 Å². The highest BCUT2D eigenvalue weighted by molar-refractivity contribution is 5.92. The Hall–Kier alpha value is -2.96. The van der Waals surface area contributed by atoms with Gasteiger partial charge in [-0.2, -0.15) is 0 Å². The van der Waals surface area contributed by atoms with Crippen LogP contribution in [0.1, 0.15) is 15.9 Å². The van der Waals surface area contributed by atoms with E-state index in [4.69, 9.17) is 9.47 Å². The molecule has 7 nitrogen and oxygen atoms in total. The molecule has 1 N–H and O–H groups in total. The molecule has 0 saturated carbocycles. The molecule has 2 rings (SSSR count). The SMILES string of the molecule is COc1ncnc(NC(=O)OCc2ccccc2)c1C=O. The zero-order valence-electron chi connectivity index (χ0n) is 11.3. The third-order valence-electron chi connectivity index (χ3n) is 2.59. The zero-order valence-corrected chi connectivity index (χ0v) is 11.3. The van der Waals surface area contributed by atoms with E-state index in [0.29, 0.717) is 6.29 Å². The number of aromatic nitrogens is 2. The Morgan fingerprint density at radius 3 is 2.71 bits per heavy atom. The van der Waals surface area contributed by atoms with E-state index in [1.807, 2.05) is 30.3 Å². The number of anilines is 1. The highest BCUT2D eigenvalue weighted by Crippen LogP contribution is 2.19. The van der Waals surface area contributed by atoms with E-state index < -0.39 is 6.09 Å². The fraction of sp³-hybridized carbons (Fsp3) is 0.143. The van der Waals surface area contributed by atoms with Crippen molar-refractivity contribution in [3.63, 3.8) is 0 Å². The van der Waals surface area contributed by atoms with Gasteiger partial charge >= 0.3 is 6.09 Å². The summed E-state index contributed by atoms with van der Waals surface area (Å²) < 4.78 is 9.95. The molecule has 1 aromatic carbocycles. The van der Waals surface area contributed by atoms with Gasteiger partial charge in [-0.05, 0) is 5.56 Å². The van der Waals surface area contributed by atoms with Crippen LogP contribution in [0.4, 0.5) is 10.6 Å². The number of aldehydes is 1. The number of rotatable bonds is 5. The molecule has 0 atom stereocenters. The summed E-state index contributed by atoms with van der Waals surface area (Å²) in [7, 11) is 1.37. The number of carbonyl (C=O) groups is 2. The van der Waals surface area contributed by atoms with Gasteiger partial charge in [0.05, 0.1) is 7.11 Å². The Morgan fingerprint density at radius 1 is 1.29 bits per heavy atom. The lowest BCUT2D eigenvalue weighted by molar-refractivity contribution is 0.112. The van der Waals surface area contributed by atoms with Crippen LogP contribution in [0.3, 0.4) is 0 Å². The highest BCUT2D eigenvalue weighted by atomic mass is 16.5. The van der Waals surface area contributed by atoms with Crippen molar-refractivity contribution in [2.24, 2.45) is 0 Å². The second-order valence-electron chi connectivity index (χ2n) is 3.95. The van der Waals surface area contributed by atoms with E-state index in [-0.39, 0.29) is 23.9 Å². The van der Waals surface area contributed by atoms with Crippen molar-refractivity contribution in [1.82, 2.24) is 9.97 Å². The number of amides is 1. The largest absolute Gasteiger partial charge is 0.480 e. The van der Waals surface area contributed by atoms with Gasteiger partial charge < -0.3 is 9.47 Å². The minimum atomic E-state index is -0.720. The van der Waals surface area contributed by atoms with E-state index >= 15 is 0 Å². The second kappa shape index (κ2) is 6.99. The van der Waals surface area contributed by atoms with Crippen molar-refractivity contribution in [3.8, 4) is 5.88 Å². The third kappa shape index (κ3) is 3.75. The predicted molar refractivity (Wildman–Crippen MR) is 74.2 cm³/mol. The normalized spacial score (nSPS) is 9.76. The van der Waals surface area contributed by atoms with Crippen LogP contribution >= 0.6 is 0 Å². The summed E-state index contributed by atoms with van der Waals surface area (Å²) in [5, 5.41) is 2.38. The van der Waals surface area contributed by atoms with Gasteiger partial charge in [0, 0.05) is 0 Å². The average Bonchev–Trinajstić information content (AvgIpc) is 2.53. The maximum atomic E-state index is 11.7. The molecule has 0 fully saturated rings. The highest BCUT2D eigenvalue weighted by Gasteiger charge is 2.14. The number of hydrogen-bond acceptors (Lipinski definition) is 6. The summed E-state index contributed by atoms with van der Waals surface area (Å²) in [6.45, 7) is 0.116. The van der Waals surface area contributed by atoms with E-state index in [9.17, 15) is 9.59 Å². The molecule has 21 heavy (non-hydrogen) atoms. The molecule has 2 aromatic rings. The molecular weight excluding hydrogens is 274 g/mol. The van der Waals surface area contributed by atoms with Crippen LogP contribution in [0, 0.1) is 0 Å². The Balaban J connectivity index is 2.01. The fourth-order valence-electron chi connectivity index (χ4n) is 1.60. The summed E-state index contributed by atoms with van der Waals surface area (Å²) in [5.74, 6) is 0.119. The van der Waals surface area contributed by atoms with Gasteiger partial charge in [-0.1, -0.05) is 30.3 Å². The number of hydrogen-bond donors (Lipinski definition) is 1. The number of nitrogens with one attached hydrogen (secondary N) is 1. The molecule has 0 unspecified atom stereocenters. The van der Waals surface area contributed by atoms with Crippen molar-refractivity contribution in [2.75, 3.05) is 12.4 Å². The summed E-state index contributed by atoms with van der Waals surface area (Å²) in [4.78, 5) is 30.3. The van der Waals surface area contributed by atoms with Crippen molar-refractivity contribution in [1.29, 1.82) is 0 Å². The molecule has 1 amide bonds. The molecule has 0 aliphatic carbocycles. The topological polar surface area (TPSA) is 90.4 Å². The van der Waals surface area contributed by atoms with Crippen molar-refractivity contribution < 1.29 is 19.1 Å². The monoisotopic (exact) mass is 287 g/mol. The number of nitrogens with zero attached hydrogens (tertiary/aromatic N) is 2. The molecule has 0 spiro atoms. The van der Waals surface area contributed by atoms with Crippen LogP contribution in [-0.2, 0) is 11.3 Å². The number of carbonyl (C=O) groups excluding carboxylic acids is 2. The quantitative estimate of drug-likeness (QED) is 0.846. The second-order valence-corrected chi connectivity index (χ2v) is 3.95. The molecule has 0 bridgehead atoms. The van der Waals surface area contributed by atoms with Gasteiger partial charge in [0.15, 0.2) is 12.1 Å². The van der Waals surface area contributed by atoms with Gasteiger partial charge in [-0.25, -0.2) is 14.8 Å². The standard InChI is InChI=1S/C14H13N3O4/c1-20-13-11(7-18)12(15-9-16-13)17-14(19)21-8-10-5-3-2-4-6-10/h2-7,9H,8H2,1H3,(H,15,16,17,19). The molecule has 7 heteroatoms. The third-order valence-corrected chi connectivity index (χ3v) is 2.59. The molecule has 1 heterocycles. The zero-order chi connectivity index (χ0) is 15.1. The molecular formula is C14H13N3O4. The van der Waals surface area contributed by atoms with Crippen LogP contribution in [0.15, 0.2) is 36.7 Å². The first-order chi connectivity index (χ1) is 10.2.